The van der Waals surface area contributed by atoms with Gasteiger partial charge in [-0.1, -0.05) is 20.3 Å². The van der Waals surface area contributed by atoms with Gasteiger partial charge in [0.05, 0.1) is 5.60 Å². The van der Waals surface area contributed by atoms with E-state index in [1.807, 2.05) is 6.92 Å². The Morgan fingerprint density at radius 3 is 2.44 bits per heavy atom. The lowest BCUT2D eigenvalue weighted by atomic mass is 9.89. The van der Waals surface area contributed by atoms with Crippen LogP contribution in [-0.4, -0.2) is 47.8 Å². The van der Waals surface area contributed by atoms with Gasteiger partial charge in [-0.2, -0.15) is 0 Å². The summed E-state index contributed by atoms with van der Waals surface area (Å²) < 4.78 is 0. The van der Waals surface area contributed by atoms with Gasteiger partial charge in [-0.05, 0) is 58.7 Å². The number of hydrogen-bond donors (Lipinski definition) is 2. The fourth-order valence-corrected chi connectivity index (χ4v) is 2.94. The summed E-state index contributed by atoms with van der Waals surface area (Å²) in [5, 5.41) is 13.7. The molecular formula is C15H32N2O. The van der Waals surface area contributed by atoms with Crippen LogP contribution in [0.15, 0.2) is 0 Å². The van der Waals surface area contributed by atoms with Crippen LogP contribution < -0.4 is 5.32 Å². The molecule has 3 nitrogen and oxygen atoms in total. The van der Waals surface area contributed by atoms with Crippen molar-refractivity contribution in [3.05, 3.63) is 0 Å². The highest BCUT2D eigenvalue weighted by molar-refractivity contribution is 4.82. The summed E-state index contributed by atoms with van der Waals surface area (Å²) in [4.78, 5) is 2.52. The summed E-state index contributed by atoms with van der Waals surface area (Å²) in [7, 11) is 0. The van der Waals surface area contributed by atoms with Gasteiger partial charge in [0.1, 0.15) is 0 Å². The highest BCUT2D eigenvalue weighted by Gasteiger charge is 2.25. The van der Waals surface area contributed by atoms with Gasteiger partial charge in [0, 0.05) is 12.6 Å². The van der Waals surface area contributed by atoms with Crippen molar-refractivity contribution in [1.82, 2.24) is 10.2 Å². The number of hydrogen-bond acceptors (Lipinski definition) is 3. The van der Waals surface area contributed by atoms with Gasteiger partial charge in [0.2, 0.25) is 0 Å². The number of rotatable bonds is 7. The van der Waals surface area contributed by atoms with E-state index in [9.17, 15) is 5.11 Å². The Labute approximate surface area is 113 Å². The smallest absolute Gasteiger partial charge is 0.0743 e. The minimum atomic E-state index is -0.548. The van der Waals surface area contributed by atoms with Crippen molar-refractivity contribution in [3.8, 4) is 0 Å². The summed E-state index contributed by atoms with van der Waals surface area (Å²) in [5.41, 5.74) is -0.548. The Balaban J connectivity index is 2.27. The van der Waals surface area contributed by atoms with E-state index in [0.29, 0.717) is 6.04 Å². The third kappa shape index (κ3) is 5.25. The zero-order valence-corrected chi connectivity index (χ0v) is 12.7. The first-order valence-corrected chi connectivity index (χ1v) is 7.66. The van der Waals surface area contributed by atoms with Crippen molar-refractivity contribution in [2.75, 3.05) is 26.2 Å². The molecule has 1 aliphatic heterocycles. The maximum absolute atomic E-state index is 10.2. The molecule has 0 spiro atoms. The van der Waals surface area contributed by atoms with Crippen LogP contribution in [0.25, 0.3) is 0 Å². The third-order valence-corrected chi connectivity index (χ3v) is 4.38. The molecule has 2 atom stereocenters. The Hall–Kier alpha value is -0.120. The quantitative estimate of drug-likeness (QED) is 0.733. The molecule has 0 saturated carbocycles. The number of likely N-dealkylation sites (tertiary alicyclic amines) is 1. The highest BCUT2D eigenvalue weighted by atomic mass is 16.3. The molecule has 1 heterocycles. The van der Waals surface area contributed by atoms with E-state index in [-0.39, 0.29) is 0 Å². The van der Waals surface area contributed by atoms with E-state index in [1.165, 1.54) is 32.5 Å². The Kier molecular flexibility index (Phi) is 6.61. The number of nitrogens with zero attached hydrogens (tertiary/aromatic N) is 1. The Bertz CT molecular complexity index is 223. The summed E-state index contributed by atoms with van der Waals surface area (Å²) in [5.74, 6) is 0.769. The summed E-state index contributed by atoms with van der Waals surface area (Å²) >= 11 is 0. The monoisotopic (exact) mass is 256 g/mol. The topological polar surface area (TPSA) is 35.5 Å². The van der Waals surface area contributed by atoms with Crippen LogP contribution in [0, 0.1) is 5.92 Å². The van der Waals surface area contributed by atoms with Crippen LogP contribution in [0.5, 0.6) is 0 Å². The van der Waals surface area contributed by atoms with Crippen LogP contribution in [0.3, 0.4) is 0 Å². The first-order chi connectivity index (χ1) is 8.48. The summed E-state index contributed by atoms with van der Waals surface area (Å²) in [6.45, 7) is 12.9. The van der Waals surface area contributed by atoms with Crippen molar-refractivity contribution >= 4 is 0 Å². The molecule has 0 aromatic carbocycles. The van der Waals surface area contributed by atoms with E-state index in [0.717, 1.165) is 25.3 Å². The molecular weight excluding hydrogens is 224 g/mol. The normalized spacial score (nSPS) is 23.8. The van der Waals surface area contributed by atoms with E-state index in [2.05, 4.69) is 31.0 Å². The fraction of sp³-hybridized carbons (Fsp3) is 1.00. The van der Waals surface area contributed by atoms with Crippen LogP contribution in [0.2, 0.25) is 0 Å². The number of piperidine rings is 1. The van der Waals surface area contributed by atoms with Crippen molar-refractivity contribution in [1.29, 1.82) is 0 Å². The van der Waals surface area contributed by atoms with Gasteiger partial charge in [0.15, 0.2) is 0 Å². The van der Waals surface area contributed by atoms with E-state index in [4.69, 9.17) is 0 Å². The third-order valence-electron chi connectivity index (χ3n) is 4.38. The number of aliphatic hydroxyl groups is 1. The average molecular weight is 256 g/mol. The lowest BCUT2D eigenvalue weighted by Gasteiger charge is -2.36. The molecule has 2 N–H and O–H groups in total. The fourth-order valence-electron chi connectivity index (χ4n) is 2.94. The Morgan fingerprint density at radius 1 is 1.33 bits per heavy atom. The second-order valence-electron chi connectivity index (χ2n) is 6.19. The molecule has 1 fully saturated rings. The molecule has 0 radical (unpaired) electrons. The zero-order chi connectivity index (χ0) is 13.6. The van der Waals surface area contributed by atoms with Gasteiger partial charge < -0.3 is 15.3 Å². The molecule has 1 rings (SSSR count). The van der Waals surface area contributed by atoms with Crippen LogP contribution in [0.4, 0.5) is 0 Å². The molecule has 18 heavy (non-hydrogen) atoms. The highest BCUT2D eigenvalue weighted by Crippen LogP contribution is 2.21. The molecule has 1 aliphatic rings. The maximum Gasteiger partial charge on any atom is 0.0743 e. The second-order valence-corrected chi connectivity index (χ2v) is 6.19. The lowest BCUT2D eigenvalue weighted by Crippen LogP contribution is -2.46. The lowest BCUT2D eigenvalue weighted by molar-refractivity contribution is 0.0434. The second kappa shape index (κ2) is 7.46. The average Bonchev–Trinajstić information content (AvgIpc) is 2.36. The van der Waals surface area contributed by atoms with Gasteiger partial charge >= 0.3 is 0 Å². The first-order valence-electron chi connectivity index (χ1n) is 7.66. The van der Waals surface area contributed by atoms with Gasteiger partial charge in [-0.3, -0.25) is 0 Å². The zero-order valence-electron chi connectivity index (χ0n) is 12.7. The van der Waals surface area contributed by atoms with Gasteiger partial charge in [-0.15, -0.1) is 0 Å². The molecule has 0 aromatic rings. The van der Waals surface area contributed by atoms with E-state index >= 15 is 0 Å². The minimum absolute atomic E-state index is 0.521. The standard InChI is InChI=1S/C15H32N2O/c1-5-9-15(4,18)12-16-13(3)14-7-10-17(6-2)11-8-14/h13-14,16,18H,5-12H2,1-4H3. The van der Waals surface area contributed by atoms with Crippen LogP contribution in [0.1, 0.15) is 53.4 Å². The van der Waals surface area contributed by atoms with Crippen molar-refractivity contribution in [3.63, 3.8) is 0 Å². The molecule has 1 saturated heterocycles. The number of nitrogens with one attached hydrogen (secondary N) is 1. The predicted molar refractivity (Wildman–Crippen MR) is 77.8 cm³/mol. The molecule has 3 heteroatoms. The van der Waals surface area contributed by atoms with Gasteiger partial charge in [0.25, 0.3) is 0 Å². The molecule has 0 aromatic heterocycles. The van der Waals surface area contributed by atoms with E-state index < -0.39 is 5.60 Å². The summed E-state index contributed by atoms with van der Waals surface area (Å²) in [6.07, 6.45) is 4.49. The SMILES string of the molecule is CCCC(C)(O)CNC(C)C1CCN(CC)CC1. The summed E-state index contributed by atoms with van der Waals surface area (Å²) in [6, 6.07) is 0.521. The molecule has 2 unspecified atom stereocenters. The van der Waals surface area contributed by atoms with Crippen molar-refractivity contribution < 1.29 is 5.11 Å². The largest absolute Gasteiger partial charge is 0.389 e. The molecule has 0 aliphatic carbocycles. The molecule has 108 valence electrons. The van der Waals surface area contributed by atoms with Crippen LogP contribution in [-0.2, 0) is 0 Å². The van der Waals surface area contributed by atoms with Gasteiger partial charge in [-0.25, -0.2) is 0 Å². The predicted octanol–water partition coefficient (Wildman–Crippen LogP) is 2.25. The Morgan fingerprint density at radius 2 is 1.94 bits per heavy atom. The van der Waals surface area contributed by atoms with Crippen molar-refractivity contribution in [2.24, 2.45) is 5.92 Å². The van der Waals surface area contributed by atoms with Crippen molar-refractivity contribution in [2.45, 2.75) is 65.0 Å². The first kappa shape index (κ1) is 15.9. The minimum Gasteiger partial charge on any atom is -0.389 e. The van der Waals surface area contributed by atoms with E-state index in [1.54, 1.807) is 0 Å². The van der Waals surface area contributed by atoms with Crippen LogP contribution >= 0.6 is 0 Å². The molecule has 0 amide bonds. The maximum atomic E-state index is 10.2. The molecule has 0 bridgehead atoms.